The van der Waals surface area contributed by atoms with Crippen LogP contribution in [0.3, 0.4) is 0 Å². The van der Waals surface area contributed by atoms with Crippen LogP contribution in [-0.2, 0) is 11.2 Å². The standard InChI is InChI=1S/C16H24BrN3OS.HI/c1-2-18-15(19-8-5-13-3-4-14(17)22-13)20-9-6-16(11-20)7-10-21-12-16;/h3-4H,2,5-12H2,1H3,(H,18,19);1H. The zero-order chi connectivity index (χ0) is 15.4. The molecule has 1 unspecified atom stereocenters. The van der Waals surface area contributed by atoms with Gasteiger partial charge in [0, 0.05) is 49.5 Å². The first-order chi connectivity index (χ1) is 10.7. The quantitative estimate of drug-likeness (QED) is 0.378. The van der Waals surface area contributed by atoms with Crippen LogP contribution in [-0.4, -0.2) is 50.3 Å². The van der Waals surface area contributed by atoms with Gasteiger partial charge in [0.1, 0.15) is 0 Å². The lowest BCUT2D eigenvalue weighted by Crippen LogP contribution is -2.41. The summed E-state index contributed by atoms with van der Waals surface area (Å²) >= 11 is 5.31. The fraction of sp³-hybridized carbons (Fsp3) is 0.688. The number of rotatable bonds is 4. The van der Waals surface area contributed by atoms with Crippen molar-refractivity contribution >= 4 is 57.2 Å². The second-order valence-electron chi connectivity index (χ2n) is 6.17. The molecule has 1 atom stereocenters. The van der Waals surface area contributed by atoms with Crippen LogP contribution in [0, 0.1) is 5.41 Å². The van der Waals surface area contributed by atoms with Crippen molar-refractivity contribution in [1.29, 1.82) is 0 Å². The molecule has 0 bridgehead atoms. The minimum absolute atomic E-state index is 0. The lowest BCUT2D eigenvalue weighted by molar-refractivity contribution is 0.156. The van der Waals surface area contributed by atoms with Crippen molar-refractivity contribution in [3.8, 4) is 0 Å². The molecule has 1 aromatic heterocycles. The van der Waals surface area contributed by atoms with E-state index in [0.717, 1.165) is 51.8 Å². The summed E-state index contributed by atoms with van der Waals surface area (Å²) in [5.41, 5.74) is 0.384. The van der Waals surface area contributed by atoms with Gasteiger partial charge in [0.05, 0.1) is 10.4 Å². The maximum Gasteiger partial charge on any atom is 0.193 e. The van der Waals surface area contributed by atoms with E-state index in [1.807, 2.05) is 0 Å². The van der Waals surface area contributed by atoms with Crippen LogP contribution in [0.1, 0.15) is 24.6 Å². The molecule has 2 fully saturated rings. The molecular weight excluding hydrogens is 489 g/mol. The number of halogens is 2. The van der Waals surface area contributed by atoms with Crippen molar-refractivity contribution in [2.75, 3.05) is 39.4 Å². The third-order valence-electron chi connectivity index (χ3n) is 4.51. The third-order valence-corrected chi connectivity index (χ3v) is 6.19. The van der Waals surface area contributed by atoms with E-state index >= 15 is 0 Å². The van der Waals surface area contributed by atoms with E-state index in [9.17, 15) is 0 Å². The molecule has 23 heavy (non-hydrogen) atoms. The van der Waals surface area contributed by atoms with Crippen LogP contribution in [0.15, 0.2) is 20.9 Å². The lowest BCUT2D eigenvalue weighted by atomic mass is 9.87. The summed E-state index contributed by atoms with van der Waals surface area (Å²) < 4.78 is 6.82. The molecule has 2 aliphatic rings. The summed E-state index contributed by atoms with van der Waals surface area (Å²) in [6.07, 6.45) is 3.44. The van der Waals surface area contributed by atoms with Gasteiger partial charge in [-0.05, 0) is 47.8 Å². The molecule has 0 amide bonds. The Labute approximate surface area is 168 Å². The van der Waals surface area contributed by atoms with Gasteiger partial charge in [0.25, 0.3) is 0 Å². The van der Waals surface area contributed by atoms with E-state index in [4.69, 9.17) is 9.73 Å². The maximum atomic E-state index is 5.62. The van der Waals surface area contributed by atoms with Gasteiger partial charge in [-0.25, -0.2) is 0 Å². The Balaban J connectivity index is 0.00000192. The van der Waals surface area contributed by atoms with Crippen LogP contribution in [0.2, 0.25) is 0 Å². The Hall–Kier alpha value is 0.140. The highest BCUT2D eigenvalue weighted by molar-refractivity contribution is 14.0. The number of ether oxygens (including phenoxy) is 1. The van der Waals surface area contributed by atoms with Crippen molar-refractivity contribution in [3.05, 3.63) is 20.8 Å². The Kier molecular flexibility index (Phi) is 7.62. The number of thiophene rings is 1. The fourth-order valence-electron chi connectivity index (χ4n) is 3.27. The number of nitrogens with one attached hydrogen (secondary N) is 1. The highest BCUT2D eigenvalue weighted by Gasteiger charge is 2.42. The number of likely N-dealkylation sites (tertiary alicyclic amines) is 1. The van der Waals surface area contributed by atoms with E-state index in [1.54, 1.807) is 11.3 Å². The van der Waals surface area contributed by atoms with Crippen molar-refractivity contribution in [1.82, 2.24) is 10.2 Å². The van der Waals surface area contributed by atoms with Gasteiger partial charge >= 0.3 is 0 Å². The smallest absolute Gasteiger partial charge is 0.193 e. The van der Waals surface area contributed by atoms with E-state index in [2.05, 4.69) is 45.2 Å². The van der Waals surface area contributed by atoms with Crippen LogP contribution >= 0.6 is 51.2 Å². The molecule has 0 aliphatic carbocycles. The number of guanidine groups is 1. The van der Waals surface area contributed by atoms with Gasteiger partial charge < -0.3 is 15.0 Å². The summed E-state index contributed by atoms with van der Waals surface area (Å²) in [6, 6.07) is 4.29. The average Bonchev–Trinajstić information content (AvgIpc) is 3.22. The van der Waals surface area contributed by atoms with Gasteiger partial charge in [-0.3, -0.25) is 4.99 Å². The highest BCUT2D eigenvalue weighted by Crippen LogP contribution is 2.38. The Morgan fingerprint density at radius 1 is 1.48 bits per heavy atom. The zero-order valence-corrected chi connectivity index (χ0v) is 18.2. The maximum absolute atomic E-state index is 5.62. The molecule has 7 heteroatoms. The molecule has 0 aromatic carbocycles. The molecule has 2 aliphatic heterocycles. The van der Waals surface area contributed by atoms with Gasteiger partial charge in [0.15, 0.2) is 5.96 Å². The van der Waals surface area contributed by atoms with E-state index in [0.29, 0.717) is 5.41 Å². The van der Waals surface area contributed by atoms with Crippen molar-refractivity contribution < 1.29 is 4.74 Å². The SMILES string of the molecule is CCNC(=NCCc1ccc(Br)s1)N1CCC2(CCOC2)C1.I. The molecule has 1 N–H and O–H groups in total. The molecule has 2 saturated heterocycles. The fourth-order valence-corrected chi connectivity index (χ4v) is 4.74. The van der Waals surface area contributed by atoms with E-state index in [1.165, 1.54) is 21.5 Å². The molecule has 0 radical (unpaired) electrons. The van der Waals surface area contributed by atoms with E-state index in [-0.39, 0.29) is 24.0 Å². The summed E-state index contributed by atoms with van der Waals surface area (Å²) in [4.78, 5) is 8.64. The number of aliphatic imine (C=N–C) groups is 1. The van der Waals surface area contributed by atoms with Crippen LogP contribution < -0.4 is 5.32 Å². The second-order valence-corrected chi connectivity index (χ2v) is 8.71. The lowest BCUT2D eigenvalue weighted by Gasteiger charge is -2.24. The van der Waals surface area contributed by atoms with Gasteiger partial charge in [-0.1, -0.05) is 0 Å². The van der Waals surface area contributed by atoms with Gasteiger partial charge in [-0.2, -0.15) is 0 Å². The number of nitrogens with zero attached hydrogens (tertiary/aromatic N) is 2. The number of hydrogen-bond acceptors (Lipinski definition) is 3. The normalized spacial score (nSPS) is 24.3. The zero-order valence-electron chi connectivity index (χ0n) is 13.5. The van der Waals surface area contributed by atoms with Crippen LogP contribution in [0.4, 0.5) is 0 Å². The first-order valence-electron chi connectivity index (χ1n) is 8.06. The van der Waals surface area contributed by atoms with Crippen LogP contribution in [0.5, 0.6) is 0 Å². The van der Waals surface area contributed by atoms with Crippen molar-refractivity contribution in [2.24, 2.45) is 10.4 Å². The first kappa shape index (κ1) is 19.5. The van der Waals surface area contributed by atoms with Crippen molar-refractivity contribution in [2.45, 2.75) is 26.2 Å². The highest BCUT2D eigenvalue weighted by atomic mass is 127. The monoisotopic (exact) mass is 513 g/mol. The molecule has 1 aromatic rings. The summed E-state index contributed by atoms with van der Waals surface area (Å²) in [6.45, 7) is 7.93. The van der Waals surface area contributed by atoms with Gasteiger partial charge in [-0.15, -0.1) is 35.3 Å². The average molecular weight is 514 g/mol. The molecule has 3 heterocycles. The second kappa shape index (κ2) is 9.01. The Morgan fingerprint density at radius 2 is 2.35 bits per heavy atom. The van der Waals surface area contributed by atoms with E-state index < -0.39 is 0 Å². The molecule has 1 spiro atoms. The predicted octanol–water partition coefficient (Wildman–Crippen LogP) is 3.75. The summed E-state index contributed by atoms with van der Waals surface area (Å²) in [5, 5.41) is 3.45. The van der Waals surface area contributed by atoms with Crippen LogP contribution in [0.25, 0.3) is 0 Å². The minimum atomic E-state index is 0. The Bertz CT molecular complexity index is 531. The van der Waals surface area contributed by atoms with Gasteiger partial charge in [0.2, 0.25) is 0 Å². The Morgan fingerprint density at radius 3 is 3.00 bits per heavy atom. The summed E-state index contributed by atoms with van der Waals surface area (Å²) in [7, 11) is 0. The molecule has 3 rings (SSSR count). The minimum Gasteiger partial charge on any atom is -0.381 e. The van der Waals surface area contributed by atoms with Crippen molar-refractivity contribution in [3.63, 3.8) is 0 Å². The number of hydrogen-bond donors (Lipinski definition) is 1. The molecular formula is C16H25BrIN3OS. The molecule has 0 saturated carbocycles. The molecule has 130 valence electrons. The largest absolute Gasteiger partial charge is 0.381 e. The first-order valence-corrected chi connectivity index (χ1v) is 9.67. The topological polar surface area (TPSA) is 36.9 Å². The summed E-state index contributed by atoms with van der Waals surface area (Å²) in [5.74, 6) is 1.07. The predicted molar refractivity (Wildman–Crippen MR) is 111 cm³/mol. The molecule has 4 nitrogen and oxygen atoms in total. The third kappa shape index (κ3) is 5.06.